The van der Waals surface area contributed by atoms with Crippen LogP contribution in [0.15, 0.2) is 88.4 Å². The average Bonchev–Trinajstić information content (AvgIpc) is 2.75. The van der Waals surface area contributed by atoms with Crippen molar-refractivity contribution in [3.05, 3.63) is 94.5 Å². The van der Waals surface area contributed by atoms with Crippen molar-refractivity contribution in [3.63, 3.8) is 0 Å². The smallest absolute Gasteiger partial charge is 0.329 e. The monoisotopic (exact) mass is 451 g/mol. The second-order valence-electron chi connectivity index (χ2n) is 5.95. The highest BCUT2D eigenvalue weighted by atomic mass is 79.9. The zero-order valence-corrected chi connectivity index (χ0v) is 16.9. The molecular weight excluding hydrogens is 434 g/mol. The summed E-state index contributed by atoms with van der Waals surface area (Å²) in [6, 6.07) is 24.1. The van der Waals surface area contributed by atoms with E-state index in [0.29, 0.717) is 28.1 Å². The van der Waals surface area contributed by atoms with Crippen LogP contribution in [0.4, 0.5) is 5.69 Å². The zero-order chi connectivity index (χ0) is 20.5. The number of hydrogen-bond acceptors (Lipinski definition) is 4. The van der Waals surface area contributed by atoms with Gasteiger partial charge in [-0.15, -0.1) is 0 Å². The summed E-state index contributed by atoms with van der Waals surface area (Å²) < 4.78 is 6.51. The second kappa shape index (κ2) is 10.2. The van der Waals surface area contributed by atoms with Gasteiger partial charge in [0.25, 0.3) is 0 Å². The molecule has 146 valence electrons. The van der Waals surface area contributed by atoms with Gasteiger partial charge in [-0.2, -0.15) is 5.10 Å². The minimum absolute atomic E-state index is 0.409. The molecule has 2 N–H and O–H groups in total. The molecule has 29 heavy (non-hydrogen) atoms. The van der Waals surface area contributed by atoms with Crippen LogP contribution in [-0.2, 0) is 16.2 Å². The van der Waals surface area contributed by atoms with E-state index in [1.165, 1.54) is 6.21 Å². The molecule has 0 aromatic heterocycles. The van der Waals surface area contributed by atoms with E-state index < -0.39 is 11.8 Å². The van der Waals surface area contributed by atoms with Crippen molar-refractivity contribution in [1.82, 2.24) is 5.43 Å². The fourth-order valence-electron chi connectivity index (χ4n) is 2.41. The van der Waals surface area contributed by atoms with Crippen molar-refractivity contribution in [3.8, 4) is 5.75 Å². The molecule has 3 aromatic rings. The summed E-state index contributed by atoms with van der Waals surface area (Å²) in [6.45, 7) is 0.409. The lowest BCUT2D eigenvalue weighted by atomic mass is 10.2. The third-order valence-corrected chi connectivity index (χ3v) is 4.55. The highest BCUT2D eigenvalue weighted by Crippen LogP contribution is 2.21. The molecule has 0 saturated heterocycles. The normalized spacial score (nSPS) is 10.5. The van der Waals surface area contributed by atoms with Gasteiger partial charge in [0.15, 0.2) is 0 Å². The Morgan fingerprint density at radius 3 is 2.38 bits per heavy atom. The largest absolute Gasteiger partial charge is 0.488 e. The number of ether oxygens (including phenoxy) is 1. The minimum atomic E-state index is -0.875. The lowest BCUT2D eigenvalue weighted by molar-refractivity contribution is -0.136. The van der Waals surface area contributed by atoms with Crippen LogP contribution in [0.1, 0.15) is 11.1 Å². The van der Waals surface area contributed by atoms with Gasteiger partial charge in [-0.25, -0.2) is 5.43 Å². The number of amides is 2. The number of halogens is 1. The van der Waals surface area contributed by atoms with Gasteiger partial charge < -0.3 is 10.1 Å². The number of hydrogen-bond donors (Lipinski definition) is 2. The first-order chi connectivity index (χ1) is 14.1. The Kier molecular flexibility index (Phi) is 7.13. The van der Waals surface area contributed by atoms with Crippen molar-refractivity contribution in [2.24, 2.45) is 5.10 Å². The van der Waals surface area contributed by atoms with Gasteiger partial charge in [0.1, 0.15) is 12.4 Å². The fourth-order valence-corrected chi connectivity index (χ4v) is 2.79. The molecule has 3 aromatic carbocycles. The van der Waals surface area contributed by atoms with Crippen LogP contribution in [0, 0.1) is 0 Å². The maximum Gasteiger partial charge on any atom is 0.329 e. The topological polar surface area (TPSA) is 79.8 Å². The fraction of sp³-hybridized carbons (Fsp3) is 0.0455. The van der Waals surface area contributed by atoms with Gasteiger partial charge in [-0.1, -0.05) is 54.6 Å². The van der Waals surface area contributed by atoms with Crippen LogP contribution in [0.25, 0.3) is 0 Å². The molecule has 0 radical (unpaired) electrons. The van der Waals surface area contributed by atoms with Crippen molar-refractivity contribution in [1.29, 1.82) is 0 Å². The third kappa shape index (κ3) is 6.02. The summed E-state index contributed by atoms with van der Waals surface area (Å²) in [6.07, 6.45) is 1.43. The number of hydrazone groups is 1. The van der Waals surface area contributed by atoms with E-state index in [9.17, 15) is 9.59 Å². The van der Waals surface area contributed by atoms with Crippen LogP contribution < -0.4 is 15.5 Å². The standard InChI is InChI=1S/C22H18BrN3O3/c23-18-11-5-6-12-19(18)25-21(27)22(28)26-24-14-17-10-4-7-13-20(17)29-15-16-8-2-1-3-9-16/h1-14H,15H2,(H,25,27)(H,26,28). The summed E-state index contributed by atoms with van der Waals surface area (Å²) in [4.78, 5) is 24.0. The summed E-state index contributed by atoms with van der Waals surface area (Å²) >= 11 is 3.31. The van der Waals surface area contributed by atoms with Gasteiger partial charge >= 0.3 is 11.8 Å². The van der Waals surface area contributed by atoms with E-state index >= 15 is 0 Å². The minimum Gasteiger partial charge on any atom is -0.488 e. The first-order valence-electron chi connectivity index (χ1n) is 8.78. The van der Waals surface area contributed by atoms with Crippen molar-refractivity contribution >= 4 is 39.6 Å². The Labute approximate surface area is 176 Å². The number of rotatable bonds is 6. The molecule has 0 heterocycles. The Hall–Kier alpha value is -3.45. The lowest BCUT2D eigenvalue weighted by Crippen LogP contribution is -2.32. The maximum atomic E-state index is 12.0. The summed E-state index contributed by atoms with van der Waals surface area (Å²) in [5.41, 5.74) is 4.43. The number of carbonyl (C=O) groups excluding carboxylic acids is 2. The molecule has 0 unspecified atom stereocenters. The average molecular weight is 452 g/mol. The van der Waals surface area contributed by atoms with E-state index in [0.717, 1.165) is 5.56 Å². The number of anilines is 1. The van der Waals surface area contributed by atoms with Gasteiger partial charge in [-0.05, 0) is 45.8 Å². The SMILES string of the molecule is O=C(NN=Cc1ccccc1OCc1ccccc1)C(=O)Nc1ccccc1Br. The lowest BCUT2D eigenvalue weighted by Gasteiger charge is -2.09. The highest BCUT2D eigenvalue weighted by Gasteiger charge is 2.14. The number of nitrogens with zero attached hydrogens (tertiary/aromatic N) is 1. The van der Waals surface area contributed by atoms with Gasteiger partial charge in [0, 0.05) is 10.0 Å². The van der Waals surface area contributed by atoms with Crippen molar-refractivity contribution in [2.45, 2.75) is 6.61 Å². The van der Waals surface area contributed by atoms with E-state index in [4.69, 9.17) is 4.74 Å². The van der Waals surface area contributed by atoms with E-state index in [-0.39, 0.29) is 0 Å². The van der Waals surface area contributed by atoms with Crippen LogP contribution in [0.3, 0.4) is 0 Å². The van der Waals surface area contributed by atoms with E-state index in [1.54, 1.807) is 30.3 Å². The molecular formula is C22H18BrN3O3. The van der Waals surface area contributed by atoms with Gasteiger partial charge in [-0.3, -0.25) is 9.59 Å². The first-order valence-corrected chi connectivity index (χ1v) is 9.57. The third-order valence-electron chi connectivity index (χ3n) is 3.85. The van der Waals surface area contributed by atoms with Gasteiger partial charge in [0.05, 0.1) is 11.9 Å². The Morgan fingerprint density at radius 2 is 1.59 bits per heavy atom. The second-order valence-corrected chi connectivity index (χ2v) is 6.80. The van der Waals surface area contributed by atoms with E-state index in [1.807, 2.05) is 48.5 Å². The molecule has 0 aliphatic carbocycles. The Bertz CT molecular complexity index is 1020. The predicted molar refractivity (Wildman–Crippen MR) is 116 cm³/mol. The molecule has 0 aliphatic heterocycles. The molecule has 6 nitrogen and oxygen atoms in total. The molecule has 0 atom stereocenters. The molecule has 0 spiro atoms. The number of para-hydroxylation sites is 2. The van der Waals surface area contributed by atoms with Crippen LogP contribution in [-0.4, -0.2) is 18.0 Å². The molecule has 3 rings (SSSR count). The molecule has 0 aliphatic rings. The van der Waals surface area contributed by atoms with Crippen LogP contribution >= 0.6 is 15.9 Å². The highest BCUT2D eigenvalue weighted by molar-refractivity contribution is 9.10. The molecule has 0 bridgehead atoms. The van der Waals surface area contributed by atoms with Crippen LogP contribution in [0.2, 0.25) is 0 Å². The Balaban J connectivity index is 1.58. The van der Waals surface area contributed by atoms with Gasteiger partial charge in [0.2, 0.25) is 0 Å². The number of carbonyl (C=O) groups is 2. The predicted octanol–water partition coefficient (Wildman–Crippen LogP) is 4.12. The molecule has 2 amide bonds. The summed E-state index contributed by atoms with van der Waals surface area (Å²) in [5.74, 6) is -1.07. The quantitative estimate of drug-likeness (QED) is 0.336. The van der Waals surface area contributed by atoms with E-state index in [2.05, 4.69) is 31.8 Å². The molecule has 0 saturated carbocycles. The van der Waals surface area contributed by atoms with Crippen molar-refractivity contribution < 1.29 is 14.3 Å². The molecule has 0 fully saturated rings. The zero-order valence-electron chi connectivity index (χ0n) is 15.3. The number of benzene rings is 3. The first kappa shape index (κ1) is 20.3. The maximum absolute atomic E-state index is 12.0. The summed E-state index contributed by atoms with van der Waals surface area (Å²) in [7, 11) is 0. The molecule has 7 heteroatoms. The van der Waals surface area contributed by atoms with Crippen molar-refractivity contribution in [2.75, 3.05) is 5.32 Å². The Morgan fingerprint density at radius 1 is 0.897 bits per heavy atom. The van der Waals surface area contributed by atoms with Crippen LogP contribution in [0.5, 0.6) is 5.75 Å². The summed E-state index contributed by atoms with van der Waals surface area (Å²) in [5, 5.41) is 6.38. The number of nitrogens with one attached hydrogen (secondary N) is 2.